The standard InChI is InChI=1S/C15H18F3NO4S/c1-2-23-14(20)11-5-4-8-19(10-11)24(21,22)13-7-3-6-12(9-13)15(16,17)18/h3,6-7,9,11H,2,4-5,8,10H2,1H3/t11-/m1/s1. The topological polar surface area (TPSA) is 63.7 Å². The quantitative estimate of drug-likeness (QED) is 0.770. The highest BCUT2D eigenvalue weighted by Crippen LogP contribution is 2.32. The van der Waals surface area contributed by atoms with Crippen molar-refractivity contribution in [3.8, 4) is 0 Å². The molecule has 9 heteroatoms. The molecule has 1 heterocycles. The number of rotatable bonds is 4. The molecule has 1 atom stereocenters. The van der Waals surface area contributed by atoms with Crippen molar-refractivity contribution >= 4 is 16.0 Å². The molecule has 0 N–H and O–H groups in total. The van der Waals surface area contributed by atoms with Crippen molar-refractivity contribution in [1.29, 1.82) is 0 Å². The lowest BCUT2D eigenvalue weighted by molar-refractivity contribution is -0.149. The maximum Gasteiger partial charge on any atom is 0.416 e. The van der Waals surface area contributed by atoms with Gasteiger partial charge in [-0.2, -0.15) is 17.5 Å². The van der Waals surface area contributed by atoms with Crippen molar-refractivity contribution in [2.75, 3.05) is 19.7 Å². The molecule has 134 valence electrons. The van der Waals surface area contributed by atoms with E-state index in [0.29, 0.717) is 18.9 Å². The highest BCUT2D eigenvalue weighted by molar-refractivity contribution is 7.89. The Bertz CT molecular complexity index is 703. The van der Waals surface area contributed by atoms with Crippen LogP contribution < -0.4 is 0 Å². The van der Waals surface area contributed by atoms with Crippen LogP contribution in [0.4, 0.5) is 13.2 Å². The van der Waals surface area contributed by atoms with Gasteiger partial charge in [-0.15, -0.1) is 0 Å². The van der Waals surface area contributed by atoms with Gasteiger partial charge in [-0.3, -0.25) is 4.79 Å². The van der Waals surface area contributed by atoms with Crippen molar-refractivity contribution in [3.63, 3.8) is 0 Å². The number of hydrogen-bond acceptors (Lipinski definition) is 4. The minimum atomic E-state index is -4.62. The van der Waals surface area contributed by atoms with Crippen LogP contribution in [-0.4, -0.2) is 38.4 Å². The number of carbonyl (C=O) groups is 1. The molecule has 24 heavy (non-hydrogen) atoms. The van der Waals surface area contributed by atoms with E-state index in [1.54, 1.807) is 6.92 Å². The Morgan fingerprint density at radius 2 is 2.08 bits per heavy atom. The lowest BCUT2D eigenvalue weighted by Crippen LogP contribution is -2.42. The van der Waals surface area contributed by atoms with E-state index in [1.165, 1.54) is 0 Å². The van der Waals surface area contributed by atoms with Crippen molar-refractivity contribution in [3.05, 3.63) is 29.8 Å². The largest absolute Gasteiger partial charge is 0.466 e. The van der Waals surface area contributed by atoms with Gasteiger partial charge in [0.15, 0.2) is 0 Å². The summed E-state index contributed by atoms with van der Waals surface area (Å²) in [4.78, 5) is 11.4. The van der Waals surface area contributed by atoms with E-state index >= 15 is 0 Å². The van der Waals surface area contributed by atoms with Crippen LogP contribution in [0, 0.1) is 5.92 Å². The second kappa shape index (κ2) is 7.10. The van der Waals surface area contributed by atoms with Crippen LogP contribution in [0.2, 0.25) is 0 Å². The van der Waals surface area contributed by atoms with Crippen molar-refractivity contribution in [2.45, 2.75) is 30.8 Å². The Balaban J connectivity index is 2.25. The van der Waals surface area contributed by atoms with Gasteiger partial charge in [0.25, 0.3) is 0 Å². The van der Waals surface area contributed by atoms with E-state index in [9.17, 15) is 26.4 Å². The molecule has 1 aromatic carbocycles. The van der Waals surface area contributed by atoms with Crippen LogP contribution in [0.15, 0.2) is 29.2 Å². The van der Waals surface area contributed by atoms with E-state index in [2.05, 4.69) is 0 Å². The smallest absolute Gasteiger partial charge is 0.416 e. The van der Waals surface area contributed by atoms with Gasteiger partial charge in [-0.25, -0.2) is 8.42 Å². The fraction of sp³-hybridized carbons (Fsp3) is 0.533. The number of piperidine rings is 1. The second-order valence-electron chi connectivity index (χ2n) is 5.48. The van der Waals surface area contributed by atoms with Crippen LogP contribution in [0.25, 0.3) is 0 Å². The SMILES string of the molecule is CCOC(=O)[C@@H]1CCCN(S(=O)(=O)c2cccc(C(F)(F)F)c2)C1. The molecule has 0 unspecified atom stereocenters. The number of halogens is 3. The molecular weight excluding hydrogens is 347 g/mol. The summed E-state index contributed by atoms with van der Waals surface area (Å²) >= 11 is 0. The number of ether oxygens (including phenoxy) is 1. The lowest BCUT2D eigenvalue weighted by atomic mass is 10.0. The van der Waals surface area contributed by atoms with E-state index in [-0.39, 0.29) is 19.7 Å². The molecule has 1 fully saturated rings. The monoisotopic (exact) mass is 365 g/mol. The fourth-order valence-electron chi connectivity index (χ4n) is 2.60. The minimum absolute atomic E-state index is 0.0859. The molecule has 1 aromatic rings. The highest BCUT2D eigenvalue weighted by Gasteiger charge is 2.36. The summed E-state index contributed by atoms with van der Waals surface area (Å²) in [5.41, 5.74) is -1.03. The first kappa shape index (κ1) is 18.7. The van der Waals surface area contributed by atoms with E-state index in [4.69, 9.17) is 4.74 Å². The zero-order chi connectivity index (χ0) is 18.0. The van der Waals surface area contributed by atoms with Crippen LogP contribution in [0.5, 0.6) is 0 Å². The van der Waals surface area contributed by atoms with Gasteiger partial charge in [0.2, 0.25) is 10.0 Å². The summed E-state index contributed by atoms with van der Waals surface area (Å²) in [6, 6.07) is 3.61. The highest BCUT2D eigenvalue weighted by atomic mass is 32.2. The Kier molecular flexibility index (Phi) is 5.54. The van der Waals surface area contributed by atoms with Crippen molar-refractivity contribution in [1.82, 2.24) is 4.31 Å². The van der Waals surface area contributed by atoms with Gasteiger partial charge in [-0.1, -0.05) is 6.07 Å². The van der Waals surface area contributed by atoms with Gasteiger partial charge < -0.3 is 4.74 Å². The fourth-order valence-corrected chi connectivity index (χ4v) is 4.17. The lowest BCUT2D eigenvalue weighted by Gasteiger charge is -2.30. The van der Waals surface area contributed by atoms with Gasteiger partial charge in [0, 0.05) is 13.1 Å². The predicted octanol–water partition coefficient (Wildman–Crippen LogP) is 2.67. The summed E-state index contributed by atoms with van der Waals surface area (Å²) in [5.74, 6) is -1.08. The average molecular weight is 365 g/mol. The summed E-state index contributed by atoms with van der Waals surface area (Å²) in [6.45, 7) is 1.92. The summed E-state index contributed by atoms with van der Waals surface area (Å²) in [5, 5.41) is 0. The van der Waals surface area contributed by atoms with Gasteiger partial charge >= 0.3 is 12.1 Å². The summed E-state index contributed by atoms with van der Waals surface area (Å²) < 4.78 is 69.5. The Morgan fingerprint density at radius 3 is 2.71 bits per heavy atom. The number of alkyl halides is 3. The van der Waals surface area contributed by atoms with Crippen molar-refractivity contribution in [2.24, 2.45) is 5.92 Å². The maximum atomic E-state index is 12.8. The van der Waals surface area contributed by atoms with Gasteiger partial charge in [0.1, 0.15) is 0 Å². The Hall–Kier alpha value is -1.61. The van der Waals surface area contributed by atoms with Crippen LogP contribution in [-0.2, 0) is 25.7 Å². The molecule has 0 amide bonds. The number of benzene rings is 1. The molecule has 0 aliphatic carbocycles. The van der Waals surface area contributed by atoms with Crippen LogP contribution in [0.3, 0.4) is 0 Å². The molecular formula is C15H18F3NO4S. The molecule has 0 radical (unpaired) electrons. The van der Waals surface area contributed by atoms with E-state index in [0.717, 1.165) is 22.5 Å². The Labute approximate surface area is 138 Å². The molecule has 1 aliphatic heterocycles. The number of nitrogens with zero attached hydrogens (tertiary/aromatic N) is 1. The first-order valence-corrected chi connectivity index (χ1v) is 8.94. The third-order valence-corrected chi connectivity index (χ3v) is 5.66. The molecule has 0 spiro atoms. The third-order valence-electron chi connectivity index (χ3n) is 3.80. The molecule has 2 rings (SSSR count). The average Bonchev–Trinajstić information content (AvgIpc) is 2.54. The summed E-state index contributed by atoms with van der Waals surface area (Å²) in [6.07, 6.45) is -3.68. The second-order valence-corrected chi connectivity index (χ2v) is 7.42. The zero-order valence-electron chi connectivity index (χ0n) is 13.0. The summed E-state index contributed by atoms with van der Waals surface area (Å²) in [7, 11) is -4.10. The first-order valence-electron chi connectivity index (χ1n) is 7.50. The number of carbonyl (C=O) groups excluding carboxylic acids is 1. The number of sulfonamides is 1. The zero-order valence-corrected chi connectivity index (χ0v) is 13.9. The Morgan fingerprint density at radius 1 is 1.38 bits per heavy atom. The van der Waals surface area contributed by atoms with Crippen molar-refractivity contribution < 1.29 is 31.1 Å². The number of hydrogen-bond donors (Lipinski definition) is 0. The molecule has 0 aromatic heterocycles. The minimum Gasteiger partial charge on any atom is -0.466 e. The first-order chi connectivity index (χ1) is 11.2. The number of esters is 1. The molecule has 0 bridgehead atoms. The third kappa shape index (κ3) is 4.07. The van der Waals surface area contributed by atoms with Gasteiger partial charge in [0.05, 0.1) is 23.0 Å². The van der Waals surface area contributed by atoms with Crippen LogP contribution in [0.1, 0.15) is 25.3 Å². The van der Waals surface area contributed by atoms with Crippen LogP contribution >= 0.6 is 0 Å². The van der Waals surface area contributed by atoms with E-state index < -0.39 is 38.5 Å². The molecule has 1 saturated heterocycles. The molecule has 1 aliphatic rings. The molecule has 5 nitrogen and oxygen atoms in total. The van der Waals surface area contributed by atoms with E-state index in [1.807, 2.05) is 0 Å². The predicted molar refractivity (Wildman–Crippen MR) is 79.6 cm³/mol. The normalized spacial score (nSPS) is 19.9. The maximum absolute atomic E-state index is 12.8. The molecule has 0 saturated carbocycles. The van der Waals surface area contributed by atoms with Gasteiger partial charge in [-0.05, 0) is 38.0 Å².